The van der Waals surface area contributed by atoms with Crippen molar-refractivity contribution in [3.63, 3.8) is 0 Å². The molecule has 1 amide bonds. The number of Topliss-reactive ketones (excluding diaryl/α,β-unsaturated/α-hetero) is 1. The number of fused-ring (bicyclic) bond motifs is 1. The first-order chi connectivity index (χ1) is 15.9. The largest absolute Gasteiger partial charge is 0.481 e. The van der Waals surface area contributed by atoms with E-state index < -0.39 is 11.7 Å². The Labute approximate surface area is 196 Å². The Hall–Kier alpha value is -3.84. The second kappa shape index (κ2) is 9.34. The Morgan fingerprint density at radius 2 is 1.82 bits per heavy atom. The summed E-state index contributed by atoms with van der Waals surface area (Å²) in [6.45, 7) is 2.39. The van der Waals surface area contributed by atoms with Crippen LogP contribution in [0.3, 0.4) is 0 Å². The van der Waals surface area contributed by atoms with Crippen molar-refractivity contribution in [2.75, 3.05) is 24.8 Å². The minimum Gasteiger partial charge on any atom is -0.481 e. The number of nitrogens with zero attached hydrogens (tertiary/aromatic N) is 2. The van der Waals surface area contributed by atoms with Crippen molar-refractivity contribution in [2.45, 2.75) is 13.5 Å². The highest BCUT2D eigenvalue weighted by Crippen LogP contribution is 2.30. The molecule has 2 N–H and O–H groups in total. The molecule has 0 unspecified atom stereocenters. The van der Waals surface area contributed by atoms with Crippen LogP contribution in [0.15, 0.2) is 60.8 Å². The number of hydrogen-bond donors (Lipinski definition) is 2. The first-order valence-electron chi connectivity index (χ1n) is 10.3. The predicted octanol–water partition coefficient (Wildman–Crippen LogP) is 4.92. The molecule has 168 valence electrons. The summed E-state index contributed by atoms with van der Waals surface area (Å²) < 4.78 is 7.12. The van der Waals surface area contributed by atoms with Crippen molar-refractivity contribution in [3.05, 3.63) is 82.6 Å². The Bertz CT molecular complexity index is 1350. The van der Waals surface area contributed by atoms with Gasteiger partial charge in [0.25, 0.3) is 11.7 Å². The van der Waals surface area contributed by atoms with Gasteiger partial charge in [-0.2, -0.15) is 0 Å². The normalized spacial score (nSPS) is 10.8. The van der Waals surface area contributed by atoms with Crippen molar-refractivity contribution in [3.8, 4) is 5.88 Å². The Kier molecular flexibility index (Phi) is 6.33. The minimum atomic E-state index is -0.730. The summed E-state index contributed by atoms with van der Waals surface area (Å²) in [4.78, 5) is 30.3. The summed E-state index contributed by atoms with van der Waals surface area (Å²) in [5.74, 6) is -1.00. The fraction of sp³-hybridized carbons (Fsp3) is 0.160. The third-order valence-corrected chi connectivity index (χ3v) is 5.75. The molecule has 4 rings (SSSR count). The van der Waals surface area contributed by atoms with Gasteiger partial charge in [0.1, 0.15) is 0 Å². The van der Waals surface area contributed by atoms with Gasteiger partial charge in [0, 0.05) is 58.8 Å². The lowest BCUT2D eigenvalue weighted by molar-refractivity contribution is -0.112. The van der Waals surface area contributed by atoms with Crippen LogP contribution in [0, 0.1) is 6.92 Å². The third kappa shape index (κ3) is 4.54. The molecule has 0 aliphatic heterocycles. The van der Waals surface area contributed by atoms with E-state index in [1.54, 1.807) is 12.1 Å². The molecule has 0 aliphatic rings. The zero-order chi connectivity index (χ0) is 23.5. The number of halogens is 1. The summed E-state index contributed by atoms with van der Waals surface area (Å²) in [6.07, 6.45) is 1.50. The Morgan fingerprint density at radius 3 is 2.52 bits per heavy atom. The van der Waals surface area contributed by atoms with E-state index in [9.17, 15) is 9.59 Å². The molecule has 33 heavy (non-hydrogen) atoms. The number of carbonyl (C=O) groups excluding carboxylic acids is 2. The van der Waals surface area contributed by atoms with E-state index in [4.69, 9.17) is 16.3 Å². The SMILES string of the molecule is CNc1ccc2c(c1)c(C(=O)C(=O)Nc1ccnc(OC)c1)c(C)n2Cc1ccc(Cl)cc1. The maximum absolute atomic E-state index is 13.3. The molecule has 0 fully saturated rings. The standard InChI is InChI=1S/C25H23ClN4O3/c1-15-23(24(31)25(32)29-19-10-11-28-22(13-19)33-3)20-12-18(27-2)8-9-21(20)30(15)14-16-4-6-17(26)7-5-16/h4-13,27H,14H2,1-3H3,(H,28,29,32). The molecule has 2 heterocycles. The monoisotopic (exact) mass is 462 g/mol. The molecule has 0 aliphatic carbocycles. The van der Waals surface area contributed by atoms with E-state index in [2.05, 4.69) is 15.6 Å². The zero-order valence-electron chi connectivity index (χ0n) is 18.5. The molecule has 0 radical (unpaired) electrons. The van der Waals surface area contributed by atoms with Crippen LogP contribution in [0.2, 0.25) is 5.02 Å². The zero-order valence-corrected chi connectivity index (χ0v) is 19.2. The summed E-state index contributed by atoms with van der Waals surface area (Å²) >= 11 is 6.03. The lowest BCUT2D eigenvalue weighted by Gasteiger charge is -2.10. The Balaban J connectivity index is 1.75. The van der Waals surface area contributed by atoms with Crippen LogP contribution in [0.1, 0.15) is 21.6 Å². The topological polar surface area (TPSA) is 85.2 Å². The highest BCUT2D eigenvalue weighted by Gasteiger charge is 2.26. The number of methoxy groups -OCH3 is 1. The first-order valence-corrected chi connectivity index (χ1v) is 10.7. The van der Waals surface area contributed by atoms with Gasteiger partial charge in [-0.25, -0.2) is 4.98 Å². The molecule has 8 heteroatoms. The number of ketones is 1. The maximum Gasteiger partial charge on any atom is 0.296 e. The predicted molar refractivity (Wildman–Crippen MR) is 131 cm³/mol. The van der Waals surface area contributed by atoms with Crippen LogP contribution < -0.4 is 15.4 Å². The van der Waals surface area contributed by atoms with Crippen molar-refractivity contribution >= 4 is 45.6 Å². The average molecular weight is 463 g/mol. The number of amides is 1. The highest BCUT2D eigenvalue weighted by atomic mass is 35.5. The van der Waals surface area contributed by atoms with Crippen LogP contribution in [-0.4, -0.2) is 35.4 Å². The van der Waals surface area contributed by atoms with E-state index in [1.165, 1.54) is 13.3 Å². The van der Waals surface area contributed by atoms with Gasteiger partial charge in [0.15, 0.2) is 0 Å². The fourth-order valence-corrected chi connectivity index (χ4v) is 3.93. The van der Waals surface area contributed by atoms with Crippen LogP contribution in [-0.2, 0) is 11.3 Å². The molecule has 0 saturated carbocycles. The highest BCUT2D eigenvalue weighted by molar-refractivity contribution is 6.48. The maximum atomic E-state index is 13.3. The van der Waals surface area contributed by atoms with Crippen LogP contribution in [0.25, 0.3) is 10.9 Å². The molecule has 0 atom stereocenters. The van der Waals surface area contributed by atoms with Crippen LogP contribution in [0.5, 0.6) is 5.88 Å². The third-order valence-electron chi connectivity index (χ3n) is 5.50. The van der Waals surface area contributed by atoms with Gasteiger partial charge in [-0.15, -0.1) is 0 Å². The van der Waals surface area contributed by atoms with E-state index in [1.807, 2.05) is 61.0 Å². The number of hydrogen-bond acceptors (Lipinski definition) is 5. The number of benzene rings is 2. The number of aromatic nitrogens is 2. The Morgan fingerprint density at radius 1 is 1.06 bits per heavy atom. The number of carbonyl (C=O) groups is 2. The summed E-state index contributed by atoms with van der Waals surface area (Å²) in [7, 11) is 3.29. The number of anilines is 2. The first kappa shape index (κ1) is 22.4. The molecule has 0 bridgehead atoms. The van der Waals surface area contributed by atoms with Crippen molar-refractivity contribution in [2.24, 2.45) is 0 Å². The van der Waals surface area contributed by atoms with Crippen molar-refractivity contribution in [1.82, 2.24) is 9.55 Å². The second-order valence-electron chi connectivity index (χ2n) is 7.53. The van der Waals surface area contributed by atoms with Gasteiger partial charge >= 0.3 is 0 Å². The lowest BCUT2D eigenvalue weighted by Crippen LogP contribution is -2.23. The summed E-state index contributed by atoms with van der Waals surface area (Å²) in [5.41, 5.74) is 4.25. The van der Waals surface area contributed by atoms with Crippen LogP contribution >= 0.6 is 11.6 Å². The summed E-state index contributed by atoms with van der Waals surface area (Å²) in [6, 6.07) is 16.5. The molecule has 0 saturated heterocycles. The van der Waals surface area contributed by atoms with E-state index in [0.717, 1.165) is 16.8 Å². The second-order valence-corrected chi connectivity index (χ2v) is 7.96. The molecular formula is C25H23ClN4O3. The molecule has 2 aromatic heterocycles. The van der Waals surface area contributed by atoms with E-state index in [0.29, 0.717) is 39.8 Å². The van der Waals surface area contributed by atoms with Crippen molar-refractivity contribution in [1.29, 1.82) is 0 Å². The number of rotatable bonds is 7. The molecule has 7 nitrogen and oxygen atoms in total. The number of pyridine rings is 1. The van der Waals surface area contributed by atoms with Gasteiger partial charge in [-0.1, -0.05) is 23.7 Å². The van der Waals surface area contributed by atoms with E-state index >= 15 is 0 Å². The lowest BCUT2D eigenvalue weighted by atomic mass is 10.1. The molecule has 4 aromatic rings. The molecule has 2 aromatic carbocycles. The molecule has 0 spiro atoms. The van der Waals surface area contributed by atoms with Crippen molar-refractivity contribution < 1.29 is 14.3 Å². The van der Waals surface area contributed by atoms with Gasteiger partial charge in [-0.05, 0) is 48.9 Å². The summed E-state index contributed by atoms with van der Waals surface area (Å²) in [5, 5.41) is 7.12. The smallest absolute Gasteiger partial charge is 0.296 e. The van der Waals surface area contributed by atoms with E-state index in [-0.39, 0.29) is 0 Å². The van der Waals surface area contributed by atoms with Gasteiger partial charge in [-0.3, -0.25) is 9.59 Å². The van der Waals surface area contributed by atoms with Gasteiger partial charge in [0.05, 0.1) is 12.7 Å². The quantitative estimate of drug-likeness (QED) is 0.301. The molecular weight excluding hydrogens is 440 g/mol. The van der Waals surface area contributed by atoms with Gasteiger partial charge in [0.2, 0.25) is 5.88 Å². The number of nitrogens with one attached hydrogen (secondary N) is 2. The number of ether oxygens (including phenoxy) is 1. The van der Waals surface area contributed by atoms with Gasteiger partial charge < -0.3 is 19.9 Å². The fourth-order valence-electron chi connectivity index (χ4n) is 3.80. The van der Waals surface area contributed by atoms with Crippen LogP contribution in [0.4, 0.5) is 11.4 Å². The average Bonchev–Trinajstić information content (AvgIpc) is 3.10. The minimum absolute atomic E-state index is 0.342.